The molecule has 0 aliphatic heterocycles. The van der Waals surface area contributed by atoms with Gasteiger partial charge in [-0.1, -0.05) is 12.1 Å². The summed E-state index contributed by atoms with van der Waals surface area (Å²) in [6.07, 6.45) is 1.81. The van der Waals surface area contributed by atoms with Crippen LogP contribution in [-0.4, -0.2) is 9.97 Å². The quantitative estimate of drug-likeness (QED) is 0.514. The normalized spacial score (nSPS) is 11.0. The van der Waals surface area contributed by atoms with Gasteiger partial charge in [0.25, 0.3) is 0 Å². The maximum absolute atomic E-state index is 4.49. The molecule has 3 aromatic rings. The fraction of sp³-hybridized carbons (Fsp3) is 0.0769. The lowest BCUT2D eigenvalue weighted by Gasteiger charge is -2.01. The van der Waals surface area contributed by atoms with Gasteiger partial charge < -0.3 is 0 Å². The first-order chi connectivity index (χ1) is 7.33. The lowest BCUT2D eigenvalue weighted by Crippen LogP contribution is -1.84. The van der Waals surface area contributed by atoms with Gasteiger partial charge in [0.1, 0.15) is 0 Å². The molecule has 0 aliphatic carbocycles. The topological polar surface area (TPSA) is 25.8 Å². The first-order valence-corrected chi connectivity index (χ1v) is 4.95. The zero-order valence-electron chi connectivity index (χ0n) is 8.44. The molecule has 0 saturated heterocycles. The van der Waals surface area contributed by atoms with Crippen molar-refractivity contribution >= 4 is 21.8 Å². The third kappa shape index (κ3) is 1.34. The molecule has 0 bridgehead atoms. The highest BCUT2D eigenvalue weighted by Crippen LogP contribution is 2.19. The molecule has 0 unspecified atom stereocenters. The molecule has 0 atom stereocenters. The van der Waals surface area contributed by atoms with Gasteiger partial charge in [0.2, 0.25) is 0 Å². The third-order valence-corrected chi connectivity index (χ3v) is 2.55. The highest BCUT2D eigenvalue weighted by atomic mass is 14.7. The van der Waals surface area contributed by atoms with Crippen molar-refractivity contribution in [1.82, 2.24) is 9.97 Å². The Morgan fingerprint density at radius 3 is 2.73 bits per heavy atom. The van der Waals surface area contributed by atoms with E-state index in [4.69, 9.17) is 0 Å². The van der Waals surface area contributed by atoms with Gasteiger partial charge in [-0.15, -0.1) is 0 Å². The van der Waals surface area contributed by atoms with Gasteiger partial charge in [0.05, 0.1) is 11.0 Å². The van der Waals surface area contributed by atoms with Crippen LogP contribution >= 0.6 is 0 Å². The number of pyridine rings is 2. The highest BCUT2D eigenvalue weighted by Gasteiger charge is 1.99. The Hall–Kier alpha value is -1.96. The Morgan fingerprint density at radius 1 is 0.933 bits per heavy atom. The van der Waals surface area contributed by atoms with E-state index >= 15 is 0 Å². The van der Waals surface area contributed by atoms with E-state index in [9.17, 15) is 0 Å². The molecule has 0 aliphatic rings. The maximum Gasteiger partial charge on any atom is 0.0727 e. The predicted molar refractivity (Wildman–Crippen MR) is 61.8 cm³/mol. The van der Waals surface area contributed by atoms with E-state index in [0.717, 1.165) is 22.1 Å². The monoisotopic (exact) mass is 194 g/mol. The average molecular weight is 194 g/mol. The number of nitrogens with zero attached hydrogens (tertiary/aromatic N) is 2. The van der Waals surface area contributed by atoms with E-state index in [-0.39, 0.29) is 0 Å². The van der Waals surface area contributed by atoms with Gasteiger partial charge in [-0.2, -0.15) is 0 Å². The second-order valence-electron chi connectivity index (χ2n) is 3.69. The summed E-state index contributed by atoms with van der Waals surface area (Å²) in [5.41, 5.74) is 3.06. The molecule has 2 heterocycles. The first kappa shape index (κ1) is 8.36. The molecule has 0 amide bonds. The standard InChI is InChI=1S/C13H10N2/c1-9-4-5-11-7-10-3-2-6-14-12(10)8-13(11)15-9/h2-8H,1H3. The Morgan fingerprint density at radius 2 is 1.80 bits per heavy atom. The predicted octanol–water partition coefficient (Wildman–Crippen LogP) is 3.09. The number of rotatable bonds is 0. The summed E-state index contributed by atoms with van der Waals surface area (Å²) in [6.45, 7) is 2.00. The molecule has 72 valence electrons. The van der Waals surface area contributed by atoms with Crippen LogP contribution in [0.25, 0.3) is 21.8 Å². The van der Waals surface area contributed by atoms with Crippen molar-refractivity contribution in [3.8, 4) is 0 Å². The van der Waals surface area contributed by atoms with E-state index in [1.165, 1.54) is 5.39 Å². The third-order valence-electron chi connectivity index (χ3n) is 2.55. The van der Waals surface area contributed by atoms with Crippen LogP contribution in [0.15, 0.2) is 42.6 Å². The van der Waals surface area contributed by atoms with Crippen molar-refractivity contribution in [2.75, 3.05) is 0 Å². The van der Waals surface area contributed by atoms with Crippen LogP contribution in [0.1, 0.15) is 5.69 Å². The Balaban J connectivity index is 2.47. The molecule has 1 aromatic carbocycles. The Kier molecular flexibility index (Phi) is 1.68. The van der Waals surface area contributed by atoms with Crippen molar-refractivity contribution in [2.45, 2.75) is 6.92 Å². The van der Waals surface area contributed by atoms with E-state index in [1.807, 2.05) is 31.3 Å². The van der Waals surface area contributed by atoms with Crippen molar-refractivity contribution < 1.29 is 0 Å². The van der Waals surface area contributed by atoms with Crippen molar-refractivity contribution in [2.24, 2.45) is 0 Å². The summed E-state index contributed by atoms with van der Waals surface area (Å²) in [5, 5.41) is 2.33. The summed E-state index contributed by atoms with van der Waals surface area (Å²) < 4.78 is 0. The molecule has 0 radical (unpaired) electrons. The largest absolute Gasteiger partial charge is 0.256 e. The fourth-order valence-electron chi connectivity index (χ4n) is 1.79. The van der Waals surface area contributed by atoms with Crippen molar-refractivity contribution in [3.63, 3.8) is 0 Å². The number of fused-ring (bicyclic) bond motifs is 2. The number of aromatic nitrogens is 2. The fourth-order valence-corrected chi connectivity index (χ4v) is 1.79. The Labute approximate surface area is 87.6 Å². The van der Waals surface area contributed by atoms with Gasteiger partial charge >= 0.3 is 0 Å². The molecule has 0 spiro atoms. The van der Waals surface area contributed by atoms with E-state index < -0.39 is 0 Å². The molecule has 2 heteroatoms. The van der Waals surface area contributed by atoms with E-state index in [2.05, 4.69) is 28.2 Å². The lowest BCUT2D eigenvalue weighted by atomic mass is 10.1. The number of hydrogen-bond donors (Lipinski definition) is 0. The molecule has 2 aromatic heterocycles. The maximum atomic E-state index is 4.49. The van der Waals surface area contributed by atoms with Gasteiger partial charge in [0.15, 0.2) is 0 Å². The molecule has 0 saturated carbocycles. The van der Waals surface area contributed by atoms with Crippen LogP contribution < -0.4 is 0 Å². The molecule has 3 rings (SSSR count). The highest BCUT2D eigenvalue weighted by molar-refractivity contribution is 5.94. The minimum atomic E-state index is 1.00. The summed E-state index contributed by atoms with van der Waals surface area (Å²) in [4.78, 5) is 8.81. The van der Waals surface area contributed by atoms with Gasteiger partial charge in [-0.3, -0.25) is 9.97 Å². The van der Waals surface area contributed by atoms with Crippen molar-refractivity contribution in [3.05, 3.63) is 48.3 Å². The molecule has 0 N–H and O–H groups in total. The average Bonchev–Trinajstić information content (AvgIpc) is 2.26. The van der Waals surface area contributed by atoms with Crippen molar-refractivity contribution in [1.29, 1.82) is 0 Å². The molecule has 15 heavy (non-hydrogen) atoms. The minimum Gasteiger partial charge on any atom is -0.256 e. The van der Waals surface area contributed by atoms with Crippen LogP contribution in [0, 0.1) is 6.92 Å². The van der Waals surface area contributed by atoms with Crippen LogP contribution in [0.2, 0.25) is 0 Å². The molecular formula is C13H10N2. The minimum absolute atomic E-state index is 1.00. The van der Waals surface area contributed by atoms with Crippen LogP contribution in [-0.2, 0) is 0 Å². The van der Waals surface area contributed by atoms with Crippen LogP contribution in [0.4, 0.5) is 0 Å². The zero-order valence-corrected chi connectivity index (χ0v) is 8.44. The van der Waals surface area contributed by atoms with E-state index in [1.54, 1.807) is 0 Å². The smallest absolute Gasteiger partial charge is 0.0727 e. The number of hydrogen-bond acceptors (Lipinski definition) is 2. The van der Waals surface area contributed by atoms with Gasteiger partial charge in [0, 0.05) is 22.7 Å². The second kappa shape index (κ2) is 3.02. The molecule has 2 nitrogen and oxygen atoms in total. The summed E-state index contributed by atoms with van der Waals surface area (Å²) in [5.74, 6) is 0. The van der Waals surface area contributed by atoms with Crippen LogP contribution in [0.3, 0.4) is 0 Å². The lowest BCUT2D eigenvalue weighted by molar-refractivity contribution is 1.26. The SMILES string of the molecule is Cc1ccc2cc3cccnc3cc2n1. The van der Waals surface area contributed by atoms with Gasteiger partial charge in [-0.05, 0) is 31.2 Å². The summed E-state index contributed by atoms with van der Waals surface area (Å²) in [7, 11) is 0. The van der Waals surface area contributed by atoms with E-state index in [0.29, 0.717) is 0 Å². The Bertz CT molecular complexity index is 644. The first-order valence-electron chi connectivity index (χ1n) is 4.95. The number of aryl methyl sites for hydroxylation is 1. The second-order valence-corrected chi connectivity index (χ2v) is 3.69. The van der Waals surface area contributed by atoms with Crippen LogP contribution in [0.5, 0.6) is 0 Å². The molecular weight excluding hydrogens is 184 g/mol. The zero-order chi connectivity index (χ0) is 10.3. The summed E-state index contributed by atoms with van der Waals surface area (Å²) in [6, 6.07) is 12.3. The number of benzene rings is 1. The summed E-state index contributed by atoms with van der Waals surface area (Å²) >= 11 is 0. The molecule has 0 fully saturated rings. The van der Waals surface area contributed by atoms with Gasteiger partial charge in [-0.25, -0.2) is 0 Å².